The molecular formula is C26H20N2O4S. The average molecular weight is 457 g/mol. The first-order chi connectivity index (χ1) is 16.1. The van der Waals surface area contributed by atoms with Crippen molar-refractivity contribution in [3.05, 3.63) is 114 Å². The highest BCUT2D eigenvalue weighted by molar-refractivity contribution is 7.85. The van der Waals surface area contributed by atoms with Gasteiger partial charge in [-0.1, -0.05) is 42.5 Å². The lowest BCUT2D eigenvalue weighted by Gasteiger charge is -2.23. The van der Waals surface area contributed by atoms with Gasteiger partial charge in [0.15, 0.2) is 0 Å². The zero-order chi connectivity index (χ0) is 22.8. The Labute approximate surface area is 193 Å². The number of hydrogen-bond donors (Lipinski definition) is 1. The predicted octanol–water partition coefficient (Wildman–Crippen LogP) is 4.54. The number of furan rings is 1. The van der Waals surface area contributed by atoms with Gasteiger partial charge in [-0.15, -0.1) is 0 Å². The summed E-state index contributed by atoms with van der Waals surface area (Å²) in [5, 5.41) is 2.82. The van der Waals surface area contributed by atoms with E-state index in [0.717, 1.165) is 5.56 Å². The molecule has 0 spiro atoms. The molecule has 2 heterocycles. The number of carbonyl (C=O) groups excluding carboxylic acids is 2. The Hall–Kier alpha value is -3.97. The maximum Gasteiger partial charge on any atom is 0.259 e. The average Bonchev–Trinajstić information content (AvgIpc) is 3.36. The van der Waals surface area contributed by atoms with Gasteiger partial charge in [0, 0.05) is 5.56 Å². The molecule has 0 radical (unpaired) electrons. The van der Waals surface area contributed by atoms with Crippen LogP contribution >= 0.6 is 0 Å². The largest absolute Gasteiger partial charge is 0.467 e. The summed E-state index contributed by atoms with van der Waals surface area (Å²) < 4.78 is 18.7. The smallest absolute Gasteiger partial charge is 0.259 e. The quantitative estimate of drug-likeness (QED) is 0.478. The van der Waals surface area contributed by atoms with Crippen molar-refractivity contribution in [2.75, 3.05) is 4.90 Å². The summed E-state index contributed by atoms with van der Waals surface area (Å²) in [5.74, 6) is 0.0686. The topological polar surface area (TPSA) is 79.6 Å². The monoisotopic (exact) mass is 456 g/mol. The molecule has 1 N–H and O–H groups in total. The molecule has 0 saturated carbocycles. The summed E-state index contributed by atoms with van der Waals surface area (Å²) in [6.07, 6.45) is 1.55. The van der Waals surface area contributed by atoms with E-state index in [1.54, 1.807) is 65.8 Å². The Morgan fingerprint density at radius 1 is 0.909 bits per heavy atom. The van der Waals surface area contributed by atoms with Crippen LogP contribution in [0.4, 0.5) is 5.69 Å². The third-order valence-electron chi connectivity index (χ3n) is 5.46. The van der Waals surface area contributed by atoms with Gasteiger partial charge < -0.3 is 14.6 Å². The van der Waals surface area contributed by atoms with Gasteiger partial charge in [-0.25, -0.2) is 4.21 Å². The van der Waals surface area contributed by atoms with E-state index in [-0.39, 0.29) is 24.9 Å². The molecule has 0 unspecified atom stereocenters. The number of rotatable bonds is 5. The fourth-order valence-electron chi connectivity index (χ4n) is 3.81. The fourth-order valence-corrected chi connectivity index (χ4v) is 5.16. The lowest BCUT2D eigenvalue weighted by Crippen LogP contribution is -2.31. The first-order valence-electron chi connectivity index (χ1n) is 10.4. The van der Waals surface area contributed by atoms with Crippen molar-refractivity contribution in [2.24, 2.45) is 0 Å². The summed E-state index contributed by atoms with van der Waals surface area (Å²) in [7, 11) is -1.57. The van der Waals surface area contributed by atoms with Crippen molar-refractivity contribution in [2.45, 2.75) is 22.9 Å². The minimum absolute atomic E-state index is 0.243. The van der Waals surface area contributed by atoms with Crippen LogP contribution in [0.1, 0.15) is 32.0 Å². The van der Waals surface area contributed by atoms with Gasteiger partial charge in [0.2, 0.25) is 0 Å². The molecule has 7 heteroatoms. The van der Waals surface area contributed by atoms with Crippen LogP contribution in [-0.2, 0) is 23.9 Å². The molecule has 1 aliphatic rings. The van der Waals surface area contributed by atoms with E-state index in [4.69, 9.17) is 4.42 Å². The highest BCUT2D eigenvalue weighted by Crippen LogP contribution is 2.36. The van der Waals surface area contributed by atoms with Crippen LogP contribution in [0.2, 0.25) is 0 Å². The summed E-state index contributed by atoms with van der Waals surface area (Å²) in [4.78, 5) is 29.0. The van der Waals surface area contributed by atoms with Crippen LogP contribution in [0.5, 0.6) is 0 Å². The number of fused-ring (bicyclic) bond motifs is 2. The molecule has 6 nitrogen and oxygen atoms in total. The third kappa shape index (κ3) is 4.10. The first kappa shape index (κ1) is 20.9. The molecule has 1 aliphatic heterocycles. The Balaban J connectivity index is 1.56. The van der Waals surface area contributed by atoms with E-state index in [2.05, 4.69) is 5.32 Å². The Morgan fingerprint density at radius 2 is 1.70 bits per heavy atom. The number of carbonyl (C=O) groups is 2. The molecule has 33 heavy (non-hydrogen) atoms. The van der Waals surface area contributed by atoms with Crippen molar-refractivity contribution < 1.29 is 18.2 Å². The zero-order valence-corrected chi connectivity index (χ0v) is 18.4. The van der Waals surface area contributed by atoms with Gasteiger partial charge in [-0.3, -0.25) is 9.59 Å². The Kier molecular flexibility index (Phi) is 5.62. The molecule has 164 valence electrons. The normalized spacial score (nSPS) is 14.8. The standard InChI is InChI=1S/C26H20N2O4S/c29-25(27-16-20-9-6-14-32-20)19-12-13-24-22(15-19)28(17-18-7-2-1-3-8-18)26(30)21-10-4-5-11-23(21)33(24)31/h1-15H,16-17H2,(H,27,29)/t33-/m0/s1. The highest BCUT2D eigenvalue weighted by Gasteiger charge is 2.31. The summed E-state index contributed by atoms with van der Waals surface area (Å²) >= 11 is 0. The minimum Gasteiger partial charge on any atom is -0.467 e. The van der Waals surface area contributed by atoms with Crippen molar-refractivity contribution in [3.8, 4) is 0 Å². The number of nitrogens with one attached hydrogen (secondary N) is 1. The number of hydrogen-bond acceptors (Lipinski definition) is 4. The first-order valence-corrected chi connectivity index (χ1v) is 11.6. The minimum atomic E-state index is -1.57. The zero-order valence-electron chi connectivity index (χ0n) is 17.6. The fraction of sp³-hybridized carbons (Fsp3) is 0.0769. The number of nitrogens with zero attached hydrogens (tertiary/aromatic N) is 1. The van der Waals surface area contributed by atoms with Gasteiger partial charge in [0.1, 0.15) is 5.76 Å². The molecular weight excluding hydrogens is 436 g/mol. The Bertz CT molecular complexity index is 1350. The second-order valence-electron chi connectivity index (χ2n) is 7.59. The maximum atomic E-state index is 13.6. The molecule has 3 aromatic carbocycles. The number of benzene rings is 3. The maximum absolute atomic E-state index is 13.6. The predicted molar refractivity (Wildman–Crippen MR) is 124 cm³/mol. The van der Waals surface area contributed by atoms with Crippen LogP contribution in [0, 0.1) is 0 Å². The summed E-state index contributed by atoms with van der Waals surface area (Å²) in [5.41, 5.74) is 2.15. The summed E-state index contributed by atoms with van der Waals surface area (Å²) in [6.45, 7) is 0.530. The molecule has 2 amide bonds. The number of amides is 2. The van der Waals surface area contributed by atoms with E-state index >= 15 is 0 Å². The SMILES string of the molecule is O=C(NCc1ccco1)c1ccc2c(c1)N(Cc1ccccc1)C(=O)c1ccccc1[S@@]2=O. The van der Waals surface area contributed by atoms with E-state index in [9.17, 15) is 13.8 Å². The van der Waals surface area contributed by atoms with E-state index in [1.807, 2.05) is 30.3 Å². The van der Waals surface area contributed by atoms with Crippen LogP contribution in [0.25, 0.3) is 0 Å². The third-order valence-corrected chi connectivity index (χ3v) is 6.96. The lowest BCUT2D eigenvalue weighted by atomic mass is 10.1. The second-order valence-corrected chi connectivity index (χ2v) is 9.00. The number of anilines is 1. The second kappa shape index (κ2) is 8.88. The molecule has 4 aromatic rings. The van der Waals surface area contributed by atoms with Gasteiger partial charge in [-0.2, -0.15) is 0 Å². The van der Waals surface area contributed by atoms with Gasteiger partial charge in [-0.05, 0) is 48.0 Å². The van der Waals surface area contributed by atoms with Crippen molar-refractivity contribution in [3.63, 3.8) is 0 Å². The van der Waals surface area contributed by atoms with Crippen LogP contribution < -0.4 is 10.2 Å². The molecule has 1 atom stereocenters. The van der Waals surface area contributed by atoms with Crippen molar-refractivity contribution in [1.29, 1.82) is 0 Å². The molecule has 0 aliphatic carbocycles. The molecule has 1 aromatic heterocycles. The molecule has 0 bridgehead atoms. The highest BCUT2D eigenvalue weighted by atomic mass is 32.2. The molecule has 0 fully saturated rings. The summed E-state index contributed by atoms with van der Waals surface area (Å²) in [6, 6.07) is 25.0. The van der Waals surface area contributed by atoms with E-state index in [0.29, 0.717) is 32.4 Å². The van der Waals surface area contributed by atoms with Crippen LogP contribution in [0.3, 0.4) is 0 Å². The van der Waals surface area contributed by atoms with E-state index < -0.39 is 10.8 Å². The molecule has 0 saturated heterocycles. The van der Waals surface area contributed by atoms with Crippen LogP contribution in [0.15, 0.2) is 105 Å². The van der Waals surface area contributed by atoms with E-state index in [1.165, 1.54) is 0 Å². The van der Waals surface area contributed by atoms with Gasteiger partial charge in [0.25, 0.3) is 11.8 Å². The molecule has 5 rings (SSSR count). The van der Waals surface area contributed by atoms with Gasteiger partial charge >= 0.3 is 0 Å². The van der Waals surface area contributed by atoms with Crippen molar-refractivity contribution in [1.82, 2.24) is 5.32 Å². The van der Waals surface area contributed by atoms with Crippen LogP contribution in [-0.4, -0.2) is 16.0 Å². The lowest BCUT2D eigenvalue weighted by molar-refractivity contribution is 0.0945. The van der Waals surface area contributed by atoms with Crippen molar-refractivity contribution >= 4 is 28.3 Å². The van der Waals surface area contributed by atoms with Gasteiger partial charge in [0.05, 0.1) is 51.2 Å². The Morgan fingerprint density at radius 3 is 2.48 bits per heavy atom.